The Morgan fingerprint density at radius 2 is 1.89 bits per heavy atom. The van der Waals surface area contributed by atoms with Crippen LogP contribution in [0.2, 0.25) is 0 Å². The van der Waals surface area contributed by atoms with Crippen molar-refractivity contribution in [1.82, 2.24) is 15.5 Å². The number of urea groups is 1. The van der Waals surface area contributed by atoms with Crippen LogP contribution < -0.4 is 15.0 Å². The van der Waals surface area contributed by atoms with Crippen LogP contribution >= 0.6 is 11.3 Å². The number of rotatable bonds is 6. The Hall–Kier alpha value is -3.91. The molecule has 0 saturated heterocycles. The lowest BCUT2D eigenvalue weighted by molar-refractivity contribution is 0.244. The zero-order valence-electron chi connectivity index (χ0n) is 20.0. The van der Waals surface area contributed by atoms with Crippen molar-refractivity contribution in [1.29, 1.82) is 0 Å². The first-order valence-electron chi connectivity index (χ1n) is 11.5. The summed E-state index contributed by atoms with van der Waals surface area (Å²) in [6.45, 7) is 8.54. The van der Waals surface area contributed by atoms with Gasteiger partial charge in [-0.3, -0.25) is 4.90 Å². The molecule has 1 aliphatic heterocycles. The van der Waals surface area contributed by atoms with E-state index in [1.807, 2.05) is 80.7 Å². The summed E-state index contributed by atoms with van der Waals surface area (Å²) in [5.74, 6) is 1.67. The minimum absolute atomic E-state index is 0.216. The van der Waals surface area contributed by atoms with E-state index in [-0.39, 0.29) is 6.03 Å². The number of ether oxygens (including phenoxy) is 1. The Morgan fingerprint density at radius 1 is 1.09 bits per heavy atom. The van der Waals surface area contributed by atoms with Crippen molar-refractivity contribution in [2.75, 3.05) is 11.5 Å². The minimum Gasteiger partial charge on any atom is -0.494 e. The molecule has 2 aromatic heterocycles. The standard InChI is InChI=1S/C27H26N4O3S/c1-5-33-21-12-9-19(10-13-21)24-23(26-29-25(30-34-26)22-7-6-14-35-22)18(4)31(27(32)28-24)20-11-8-16(2)17(3)15-20/h6-15,24H,5H2,1-4H3,(H,28,32). The van der Waals surface area contributed by atoms with Gasteiger partial charge in [-0.25, -0.2) is 4.79 Å². The Balaban J connectivity index is 1.63. The number of nitrogens with one attached hydrogen (secondary N) is 1. The lowest BCUT2D eigenvalue weighted by atomic mass is 9.94. The highest BCUT2D eigenvalue weighted by molar-refractivity contribution is 7.13. The van der Waals surface area contributed by atoms with Gasteiger partial charge in [-0.2, -0.15) is 4.98 Å². The summed E-state index contributed by atoms with van der Waals surface area (Å²) in [6.07, 6.45) is 0. The molecule has 0 saturated carbocycles. The van der Waals surface area contributed by atoms with Gasteiger partial charge in [0.05, 0.1) is 28.8 Å². The maximum absolute atomic E-state index is 13.4. The molecule has 5 rings (SSSR count). The van der Waals surface area contributed by atoms with E-state index in [1.54, 1.807) is 16.2 Å². The Kier molecular flexibility index (Phi) is 6.13. The van der Waals surface area contributed by atoms with E-state index in [1.165, 1.54) is 0 Å². The number of hydrogen-bond acceptors (Lipinski definition) is 6. The second-order valence-corrected chi connectivity index (χ2v) is 9.34. The van der Waals surface area contributed by atoms with Crippen molar-refractivity contribution >= 4 is 28.6 Å². The summed E-state index contributed by atoms with van der Waals surface area (Å²) in [7, 11) is 0. The number of aromatic nitrogens is 2. The molecule has 2 amide bonds. The van der Waals surface area contributed by atoms with E-state index in [4.69, 9.17) is 14.2 Å². The van der Waals surface area contributed by atoms with Crippen LogP contribution in [-0.4, -0.2) is 22.8 Å². The molecule has 0 spiro atoms. The molecule has 0 aliphatic carbocycles. The predicted molar refractivity (Wildman–Crippen MR) is 137 cm³/mol. The van der Waals surface area contributed by atoms with E-state index in [0.717, 1.165) is 44.3 Å². The van der Waals surface area contributed by atoms with E-state index in [9.17, 15) is 4.79 Å². The van der Waals surface area contributed by atoms with E-state index < -0.39 is 6.04 Å². The van der Waals surface area contributed by atoms with Crippen molar-refractivity contribution in [2.24, 2.45) is 0 Å². The fraction of sp³-hybridized carbons (Fsp3) is 0.222. The Bertz CT molecular complexity index is 1390. The van der Waals surface area contributed by atoms with Crippen LogP contribution in [0.4, 0.5) is 10.5 Å². The number of benzene rings is 2. The fourth-order valence-corrected chi connectivity index (χ4v) is 4.86. The third-order valence-electron chi connectivity index (χ3n) is 6.16. The lowest BCUT2D eigenvalue weighted by Crippen LogP contribution is -2.46. The maximum atomic E-state index is 13.4. The van der Waals surface area contributed by atoms with Crippen molar-refractivity contribution < 1.29 is 14.1 Å². The van der Waals surface area contributed by atoms with Crippen molar-refractivity contribution in [3.63, 3.8) is 0 Å². The zero-order valence-corrected chi connectivity index (χ0v) is 20.8. The third-order valence-corrected chi connectivity index (χ3v) is 7.02. The predicted octanol–water partition coefficient (Wildman–Crippen LogP) is 6.52. The average Bonchev–Trinajstić information content (AvgIpc) is 3.54. The van der Waals surface area contributed by atoms with Crippen LogP contribution in [0.5, 0.6) is 5.75 Å². The first kappa shape index (κ1) is 22.9. The number of thiophene rings is 1. The fourth-order valence-electron chi connectivity index (χ4n) is 4.21. The highest BCUT2D eigenvalue weighted by Crippen LogP contribution is 2.40. The third kappa shape index (κ3) is 4.33. The highest BCUT2D eigenvalue weighted by atomic mass is 32.1. The van der Waals surface area contributed by atoms with Gasteiger partial charge in [-0.1, -0.05) is 29.4 Å². The van der Waals surface area contributed by atoms with Gasteiger partial charge in [-0.15, -0.1) is 11.3 Å². The summed E-state index contributed by atoms with van der Waals surface area (Å²) < 4.78 is 11.4. The lowest BCUT2D eigenvalue weighted by Gasteiger charge is -2.35. The normalized spacial score (nSPS) is 15.9. The van der Waals surface area contributed by atoms with E-state index >= 15 is 0 Å². The van der Waals surface area contributed by atoms with Gasteiger partial charge in [0.2, 0.25) is 5.82 Å². The number of carbonyl (C=O) groups is 1. The smallest absolute Gasteiger partial charge is 0.326 e. The monoisotopic (exact) mass is 486 g/mol. The van der Waals surface area contributed by atoms with Crippen LogP contribution in [-0.2, 0) is 0 Å². The summed E-state index contributed by atoms with van der Waals surface area (Å²) in [4.78, 5) is 20.7. The van der Waals surface area contributed by atoms with Crippen LogP contribution in [0, 0.1) is 13.8 Å². The van der Waals surface area contributed by atoms with Gasteiger partial charge in [0, 0.05) is 5.70 Å². The van der Waals surface area contributed by atoms with Crippen molar-refractivity contribution in [3.8, 4) is 16.5 Å². The van der Waals surface area contributed by atoms with Crippen LogP contribution in [0.15, 0.2) is 70.2 Å². The molecule has 35 heavy (non-hydrogen) atoms. The molecule has 1 N–H and O–H groups in total. The number of nitrogens with zero attached hydrogens (tertiary/aromatic N) is 3. The number of carbonyl (C=O) groups excluding carboxylic acids is 1. The molecule has 8 heteroatoms. The van der Waals surface area contributed by atoms with Gasteiger partial charge in [-0.05, 0) is 80.1 Å². The van der Waals surface area contributed by atoms with Gasteiger partial charge >= 0.3 is 6.03 Å². The van der Waals surface area contributed by atoms with Gasteiger partial charge < -0.3 is 14.6 Å². The molecule has 1 atom stereocenters. The molecule has 1 aliphatic rings. The maximum Gasteiger partial charge on any atom is 0.326 e. The molecule has 178 valence electrons. The summed E-state index contributed by atoms with van der Waals surface area (Å²) in [5, 5.41) is 9.34. The quantitative estimate of drug-likeness (QED) is 0.336. The second kappa shape index (κ2) is 9.38. The number of aryl methyl sites for hydroxylation is 2. The molecule has 0 bridgehead atoms. The molecular formula is C27H26N4O3S. The molecule has 7 nitrogen and oxygen atoms in total. The number of anilines is 1. The van der Waals surface area contributed by atoms with Crippen LogP contribution in [0.25, 0.3) is 16.3 Å². The molecule has 0 radical (unpaired) electrons. The highest BCUT2D eigenvalue weighted by Gasteiger charge is 2.36. The summed E-state index contributed by atoms with van der Waals surface area (Å²) in [6, 6.07) is 16.9. The number of amides is 2. The minimum atomic E-state index is -0.461. The largest absolute Gasteiger partial charge is 0.494 e. The van der Waals surface area contributed by atoms with E-state index in [2.05, 4.69) is 17.4 Å². The molecule has 3 heterocycles. The van der Waals surface area contributed by atoms with Gasteiger partial charge in [0.1, 0.15) is 5.75 Å². The van der Waals surface area contributed by atoms with Crippen molar-refractivity contribution in [3.05, 3.63) is 88.3 Å². The average molecular weight is 487 g/mol. The molecule has 2 aromatic carbocycles. The molecular weight excluding hydrogens is 460 g/mol. The first-order chi connectivity index (χ1) is 17.0. The van der Waals surface area contributed by atoms with E-state index in [0.29, 0.717) is 18.3 Å². The topological polar surface area (TPSA) is 80.5 Å². The van der Waals surface area contributed by atoms with Gasteiger partial charge in [0.15, 0.2) is 0 Å². The number of hydrogen-bond donors (Lipinski definition) is 1. The Labute approximate surface area is 208 Å². The zero-order chi connectivity index (χ0) is 24.5. The molecule has 4 aromatic rings. The Morgan fingerprint density at radius 3 is 2.57 bits per heavy atom. The molecule has 1 unspecified atom stereocenters. The molecule has 0 fully saturated rings. The van der Waals surface area contributed by atoms with Crippen LogP contribution in [0.3, 0.4) is 0 Å². The summed E-state index contributed by atoms with van der Waals surface area (Å²) in [5.41, 5.74) is 5.43. The van der Waals surface area contributed by atoms with Crippen LogP contribution in [0.1, 0.15) is 42.5 Å². The second-order valence-electron chi connectivity index (χ2n) is 8.39. The summed E-state index contributed by atoms with van der Waals surface area (Å²) >= 11 is 1.55. The number of allylic oxidation sites excluding steroid dienone is 1. The first-order valence-corrected chi connectivity index (χ1v) is 12.3. The van der Waals surface area contributed by atoms with Gasteiger partial charge in [0.25, 0.3) is 5.89 Å². The van der Waals surface area contributed by atoms with Crippen molar-refractivity contribution in [2.45, 2.75) is 33.7 Å². The SMILES string of the molecule is CCOc1ccc(C2NC(=O)N(c3ccc(C)c(C)c3)C(C)=C2c2nc(-c3cccs3)no2)cc1.